The molecule has 118 valence electrons. The number of nitrogens with zero attached hydrogens (tertiary/aromatic N) is 1. The summed E-state index contributed by atoms with van der Waals surface area (Å²) in [4.78, 5) is 26.0. The Morgan fingerprint density at radius 3 is 2.67 bits per heavy atom. The van der Waals surface area contributed by atoms with Crippen LogP contribution in [0.4, 0.5) is 0 Å². The van der Waals surface area contributed by atoms with Crippen molar-refractivity contribution in [2.24, 2.45) is 0 Å². The number of aromatic nitrogens is 1. The molecule has 0 amide bonds. The van der Waals surface area contributed by atoms with Gasteiger partial charge in [-0.1, -0.05) is 6.07 Å². The van der Waals surface area contributed by atoms with Crippen LogP contribution in [-0.2, 0) is 0 Å². The van der Waals surface area contributed by atoms with E-state index >= 15 is 0 Å². The fraction of sp³-hybridized carbons (Fsp3) is 0. The number of rotatable bonds is 3. The SMILES string of the molecule is N#CC(=Cc1ccc2oc(=O)[nH]c2c1)C(=O)c1ccc(O)c(O)c1. The lowest BCUT2D eigenvalue weighted by Crippen LogP contribution is -2.01. The van der Waals surface area contributed by atoms with Gasteiger partial charge in [0.05, 0.1) is 5.52 Å². The number of hydrogen-bond acceptors (Lipinski definition) is 6. The molecule has 0 spiro atoms. The molecular weight excluding hydrogens is 312 g/mol. The first kappa shape index (κ1) is 15.1. The molecule has 1 heterocycles. The average molecular weight is 322 g/mol. The first-order valence-electron chi connectivity index (χ1n) is 6.79. The maximum atomic E-state index is 12.4. The van der Waals surface area contributed by atoms with Crippen molar-refractivity contribution in [2.75, 3.05) is 0 Å². The van der Waals surface area contributed by atoms with Gasteiger partial charge in [-0.2, -0.15) is 5.26 Å². The summed E-state index contributed by atoms with van der Waals surface area (Å²) < 4.78 is 4.88. The zero-order valence-electron chi connectivity index (χ0n) is 12.1. The minimum atomic E-state index is -0.603. The second kappa shape index (κ2) is 5.78. The van der Waals surface area contributed by atoms with E-state index in [-0.39, 0.29) is 16.9 Å². The van der Waals surface area contributed by atoms with Crippen molar-refractivity contribution in [1.29, 1.82) is 5.26 Å². The number of phenols is 2. The molecule has 3 rings (SSSR count). The molecule has 0 saturated heterocycles. The van der Waals surface area contributed by atoms with E-state index in [1.165, 1.54) is 18.2 Å². The van der Waals surface area contributed by atoms with Gasteiger partial charge in [0, 0.05) is 5.56 Å². The molecule has 7 heteroatoms. The number of oxazole rings is 1. The summed E-state index contributed by atoms with van der Waals surface area (Å²) in [5, 5.41) is 28.0. The lowest BCUT2D eigenvalue weighted by atomic mass is 10.0. The van der Waals surface area contributed by atoms with Crippen LogP contribution in [0.3, 0.4) is 0 Å². The summed E-state index contributed by atoms with van der Waals surface area (Å²) >= 11 is 0. The number of Topliss-reactive ketones (excluding diaryl/α,β-unsaturated/α-hetero) is 1. The number of allylic oxidation sites excluding steroid dienone is 1. The smallest absolute Gasteiger partial charge is 0.417 e. The van der Waals surface area contributed by atoms with Crippen LogP contribution in [0.5, 0.6) is 11.5 Å². The standard InChI is InChI=1S/C17H10N2O5/c18-8-11(16(22)10-2-3-13(20)14(21)7-10)5-9-1-4-15-12(6-9)19-17(23)24-15/h1-7,20-21H,(H,19,23). The highest BCUT2D eigenvalue weighted by Crippen LogP contribution is 2.26. The van der Waals surface area contributed by atoms with E-state index in [9.17, 15) is 25.1 Å². The van der Waals surface area contributed by atoms with Crippen molar-refractivity contribution in [3.05, 3.63) is 63.6 Å². The van der Waals surface area contributed by atoms with Gasteiger partial charge < -0.3 is 14.6 Å². The molecule has 3 aromatic rings. The molecule has 0 radical (unpaired) electrons. The number of H-pyrrole nitrogens is 1. The highest BCUT2D eigenvalue weighted by atomic mass is 16.4. The quantitative estimate of drug-likeness (QED) is 0.294. The van der Waals surface area contributed by atoms with Crippen LogP contribution in [0.15, 0.2) is 51.2 Å². The van der Waals surface area contributed by atoms with E-state index in [0.717, 1.165) is 6.07 Å². The van der Waals surface area contributed by atoms with Crippen LogP contribution in [0.25, 0.3) is 17.2 Å². The Morgan fingerprint density at radius 2 is 1.96 bits per heavy atom. The van der Waals surface area contributed by atoms with Crippen molar-refractivity contribution >= 4 is 23.0 Å². The van der Waals surface area contributed by atoms with Crippen LogP contribution in [0.2, 0.25) is 0 Å². The number of carbonyl (C=O) groups excluding carboxylic acids is 1. The number of aromatic hydroxyl groups is 2. The number of fused-ring (bicyclic) bond motifs is 1. The topological polar surface area (TPSA) is 127 Å². The molecule has 0 atom stereocenters. The molecule has 0 aliphatic heterocycles. The number of hydrogen-bond donors (Lipinski definition) is 3. The van der Waals surface area contributed by atoms with Crippen molar-refractivity contribution < 1.29 is 19.4 Å². The minimum absolute atomic E-state index is 0.0656. The van der Waals surface area contributed by atoms with Gasteiger partial charge >= 0.3 is 5.76 Å². The average Bonchev–Trinajstić information content (AvgIpc) is 2.93. The molecule has 7 nitrogen and oxygen atoms in total. The molecule has 2 aromatic carbocycles. The van der Waals surface area contributed by atoms with Crippen molar-refractivity contribution in [3.8, 4) is 17.6 Å². The van der Waals surface area contributed by atoms with Crippen molar-refractivity contribution in [3.63, 3.8) is 0 Å². The molecule has 0 bridgehead atoms. The van der Waals surface area contributed by atoms with Crippen LogP contribution in [-0.4, -0.2) is 21.0 Å². The van der Waals surface area contributed by atoms with Gasteiger partial charge in [-0.25, -0.2) is 4.79 Å². The molecule has 0 fully saturated rings. The predicted octanol–water partition coefficient (Wildman–Crippen LogP) is 2.32. The Morgan fingerprint density at radius 1 is 1.17 bits per heavy atom. The summed E-state index contributed by atoms with van der Waals surface area (Å²) in [5.41, 5.74) is 1.24. The Labute approximate surface area is 134 Å². The van der Waals surface area contributed by atoms with Gasteiger partial charge in [0.25, 0.3) is 0 Å². The second-order valence-corrected chi connectivity index (χ2v) is 4.97. The molecule has 3 N–H and O–H groups in total. The summed E-state index contributed by atoms with van der Waals surface area (Å²) in [5.74, 6) is -2.00. The number of ketones is 1. The second-order valence-electron chi connectivity index (χ2n) is 4.97. The van der Waals surface area contributed by atoms with Gasteiger partial charge in [0.2, 0.25) is 5.78 Å². The van der Waals surface area contributed by atoms with E-state index in [1.807, 2.05) is 6.07 Å². The Bertz CT molecular complexity index is 1080. The third kappa shape index (κ3) is 2.76. The summed E-state index contributed by atoms with van der Waals surface area (Å²) in [6.45, 7) is 0. The van der Waals surface area contributed by atoms with E-state index in [0.29, 0.717) is 16.7 Å². The molecule has 24 heavy (non-hydrogen) atoms. The Kier molecular flexibility index (Phi) is 3.64. The van der Waals surface area contributed by atoms with Crippen molar-refractivity contribution in [2.45, 2.75) is 0 Å². The first-order valence-corrected chi connectivity index (χ1v) is 6.79. The number of aromatic amines is 1. The van der Waals surface area contributed by atoms with Crippen molar-refractivity contribution in [1.82, 2.24) is 4.98 Å². The molecule has 0 saturated carbocycles. The normalized spacial score (nSPS) is 11.4. The maximum Gasteiger partial charge on any atom is 0.417 e. The third-order valence-corrected chi connectivity index (χ3v) is 3.36. The zero-order valence-corrected chi connectivity index (χ0v) is 12.1. The number of nitriles is 1. The van der Waals surface area contributed by atoms with Gasteiger partial charge in [0.1, 0.15) is 11.6 Å². The van der Waals surface area contributed by atoms with Gasteiger partial charge in [-0.15, -0.1) is 0 Å². The highest BCUT2D eigenvalue weighted by molar-refractivity contribution is 6.14. The molecular formula is C17H10N2O5. The van der Waals surface area contributed by atoms with Crippen LogP contribution < -0.4 is 5.76 Å². The third-order valence-electron chi connectivity index (χ3n) is 3.36. The lowest BCUT2D eigenvalue weighted by molar-refractivity contribution is 0.103. The Balaban J connectivity index is 2.00. The minimum Gasteiger partial charge on any atom is -0.504 e. The predicted molar refractivity (Wildman–Crippen MR) is 84.5 cm³/mol. The number of phenolic OH excluding ortho intramolecular Hbond substituents is 2. The summed E-state index contributed by atoms with van der Waals surface area (Å²) in [6.07, 6.45) is 1.36. The first-order chi connectivity index (χ1) is 11.5. The molecule has 1 aromatic heterocycles. The number of benzene rings is 2. The maximum absolute atomic E-state index is 12.4. The van der Waals surface area contributed by atoms with E-state index in [4.69, 9.17) is 4.42 Å². The highest BCUT2D eigenvalue weighted by Gasteiger charge is 2.14. The fourth-order valence-electron chi connectivity index (χ4n) is 2.19. The van der Waals surface area contributed by atoms with Crippen LogP contribution in [0.1, 0.15) is 15.9 Å². The van der Waals surface area contributed by atoms with Crippen LogP contribution >= 0.6 is 0 Å². The monoisotopic (exact) mass is 322 g/mol. The van der Waals surface area contributed by atoms with E-state index in [1.54, 1.807) is 18.2 Å². The Hall–Kier alpha value is -3.79. The number of nitrogens with one attached hydrogen (secondary N) is 1. The summed E-state index contributed by atoms with van der Waals surface area (Å²) in [6, 6.07) is 10.1. The molecule has 0 unspecified atom stereocenters. The zero-order chi connectivity index (χ0) is 17.3. The molecule has 0 aliphatic carbocycles. The van der Waals surface area contributed by atoms with E-state index < -0.39 is 17.3 Å². The van der Waals surface area contributed by atoms with Gasteiger partial charge in [-0.3, -0.25) is 9.78 Å². The largest absolute Gasteiger partial charge is 0.504 e. The van der Waals surface area contributed by atoms with Gasteiger partial charge in [0.15, 0.2) is 17.1 Å². The fourth-order valence-corrected chi connectivity index (χ4v) is 2.19. The van der Waals surface area contributed by atoms with Crippen LogP contribution in [0, 0.1) is 11.3 Å². The molecule has 0 aliphatic rings. The summed E-state index contributed by atoms with van der Waals surface area (Å²) in [7, 11) is 0. The van der Waals surface area contributed by atoms with E-state index in [2.05, 4.69) is 4.98 Å². The lowest BCUT2D eigenvalue weighted by Gasteiger charge is -2.02. The number of carbonyl (C=O) groups is 1. The van der Waals surface area contributed by atoms with Gasteiger partial charge in [-0.05, 0) is 42.0 Å².